The standard InChI is InChI=1S/C16H19N3/c1-3-4-8-19(2)13-15-7-5-6-14(9-15)10-16(11-17)12-18/h5-7,9-10H,3-4,8,13H2,1-2H3. The molecule has 0 aliphatic heterocycles. The van der Waals surface area contributed by atoms with Crippen molar-refractivity contribution >= 4 is 6.08 Å². The molecule has 0 fully saturated rings. The van der Waals surface area contributed by atoms with Crippen LogP contribution in [0.4, 0.5) is 0 Å². The number of hydrogen-bond acceptors (Lipinski definition) is 3. The molecule has 1 rings (SSSR count). The summed E-state index contributed by atoms with van der Waals surface area (Å²) in [7, 11) is 2.11. The van der Waals surface area contributed by atoms with Gasteiger partial charge in [-0.2, -0.15) is 10.5 Å². The molecule has 0 bridgehead atoms. The molecule has 3 heteroatoms. The quantitative estimate of drug-likeness (QED) is 0.730. The lowest BCUT2D eigenvalue weighted by atomic mass is 10.1. The van der Waals surface area contributed by atoms with Crippen molar-refractivity contribution in [3.8, 4) is 12.1 Å². The van der Waals surface area contributed by atoms with E-state index in [0.29, 0.717) is 0 Å². The zero-order chi connectivity index (χ0) is 14.1. The number of hydrogen-bond donors (Lipinski definition) is 0. The minimum absolute atomic E-state index is 0.136. The molecule has 0 saturated carbocycles. The molecule has 0 aliphatic rings. The summed E-state index contributed by atoms with van der Waals surface area (Å²) in [5, 5.41) is 17.5. The lowest BCUT2D eigenvalue weighted by Crippen LogP contribution is -2.18. The fourth-order valence-electron chi connectivity index (χ4n) is 1.86. The van der Waals surface area contributed by atoms with Crippen molar-refractivity contribution in [3.63, 3.8) is 0 Å². The number of rotatable bonds is 6. The van der Waals surface area contributed by atoms with Crippen LogP contribution in [-0.4, -0.2) is 18.5 Å². The Morgan fingerprint density at radius 3 is 2.68 bits per heavy atom. The van der Waals surface area contributed by atoms with Gasteiger partial charge < -0.3 is 4.90 Å². The van der Waals surface area contributed by atoms with E-state index in [2.05, 4.69) is 24.9 Å². The van der Waals surface area contributed by atoms with Gasteiger partial charge in [0.05, 0.1) is 0 Å². The number of nitrogens with zero attached hydrogens (tertiary/aromatic N) is 3. The Kier molecular flexibility index (Phi) is 6.36. The molecule has 98 valence electrons. The van der Waals surface area contributed by atoms with Crippen LogP contribution in [0.5, 0.6) is 0 Å². The van der Waals surface area contributed by atoms with Crippen LogP contribution in [0.25, 0.3) is 6.08 Å². The first kappa shape index (κ1) is 15.0. The van der Waals surface area contributed by atoms with Crippen molar-refractivity contribution in [2.75, 3.05) is 13.6 Å². The first-order valence-corrected chi connectivity index (χ1v) is 6.49. The highest BCUT2D eigenvalue weighted by atomic mass is 15.1. The predicted molar refractivity (Wildman–Crippen MR) is 76.9 cm³/mol. The van der Waals surface area contributed by atoms with E-state index < -0.39 is 0 Å². The molecule has 0 aromatic heterocycles. The van der Waals surface area contributed by atoms with Crippen molar-refractivity contribution < 1.29 is 0 Å². The second-order valence-electron chi connectivity index (χ2n) is 4.62. The van der Waals surface area contributed by atoms with Crippen molar-refractivity contribution in [2.24, 2.45) is 0 Å². The predicted octanol–water partition coefficient (Wildman–Crippen LogP) is 3.35. The van der Waals surface area contributed by atoms with E-state index in [1.165, 1.54) is 18.4 Å². The summed E-state index contributed by atoms with van der Waals surface area (Å²) in [4.78, 5) is 2.28. The molecular formula is C16H19N3. The molecule has 0 N–H and O–H groups in total. The molecule has 1 aromatic rings. The highest BCUT2D eigenvalue weighted by Crippen LogP contribution is 2.11. The third-order valence-electron chi connectivity index (χ3n) is 2.85. The fourth-order valence-corrected chi connectivity index (χ4v) is 1.86. The first-order chi connectivity index (χ1) is 9.19. The van der Waals surface area contributed by atoms with Gasteiger partial charge in [-0.25, -0.2) is 0 Å². The average molecular weight is 253 g/mol. The Labute approximate surface area is 115 Å². The van der Waals surface area contributed by atoms with Crippen molar-refractivity contribution in [3.05, 3.63) is 41.0 Å². The van der Waals surface area contributed by atoms with Crippen LogP contribution in [0.2, 0.25) is 0 Å². The molecular weight excluding hydrogens is 234 g/mol. The zero-order valence-corrected chi connectivity index (χ0v) is 11.6. The summed E-state index contributed by atoms with van der Waals surface area (Å²) in [5.41, 5.74) is 2.23. The molecule has 0 heterocycles. The lowest BCUT2D eigenvalue weighted by Gasteiger charge is -2.16. The monoisotopic (exact) mass is 253 g/mol. The maximum absolute atomic E-state index is 8.75. The zero-order valence-electron chi connectivity index (χ0n) is 11.6. The molecule has 0 saturated heterocycles. The van der Waals surface area contributed by atoms with Gasteiger partial charge in [-0.3, -0.25) is 0 Å². The minimum atomic E-state index is 0.136. The maximum atomic E-state index is 8.75. The van der Waals surface area contributed by atoms with E-state index in [0.717, 1.165) is 18.7 Å². The molecule has 1 aromatic carbocycles. The topological polar surface area (TPSA) is 50.8 Å². The molecule has 0 unspecified atom stereocenters. The Morgan fingerprint density at radius 1 is 1.32 bits per heavy atom. The van der Waals surface area contributed by atoms with Crippen molar-refractivity contribution in [2.45, 2.75) is 26.3 Å². The number of nitriles is 2. The van der Waals surface area contributed by atoms with Crippen molar-refractivity contribution in [1.29, 1.82) is 10.5 Å². The summed E-state index contributed by atoms with van der Waals surface area (Å²) < 4.78 is 0. The molecule has 0 amide bonds. The number of unbranched alkanes of at least 4 members (excludes halogenated alkanes) is 1. The highest BCUT2D eigenvalue weighted by molar-refractivity contribution is 5.62. The summed E-state index contributed by atoms with van der Waals surface area (Å²) in [6.45, 7) is 4.15. The van der Waals surface area contributed by atoms with Crippen LogP contribution >= 0.6 is 0 Å². The van der Waals surface area contributed by atoms with Crippen LogP contribution in [0.1, 0.15) is 30.9 Å². The summed E-state index contributed by atoms with van der Waals surface area (Å²) in [5.74, 6) is 0. The lowest BCUT2D eigenvalue weighted by molar-refractivity contribution is 0.321. The van der Waals surface area contributed by atoms with E-state index >= 15 is 0 Å². The van der Waals surface area contributed by atoms with Gasteiger partial charge in [-0.05, 0) is 37.2 Å². The van der Waals surface area contributed by atoms with Gasteiger partial charge in [0.25, 0.3) is 0 Å². The average Bonchev–Trinajstić information content (AvgIpc) is 2.43. The third-order valence-corrected chi connectivity index (χ3v) is 2.85. The Bertz CT molecular complexity index is 502. The Balaban J connectivity index is 2.76. The van der Waals surface area contributed by atoms with Crippen LogP contribution in [0.15, 0.2) is 29.8 Å². The number of benzene rings is 1. The van der Waals surface area contributed by atoms with E-state index in [1.807, 2.05) is 30.3 Å². The second kappa shape index (κ2) is 8.08. The van der Waals surface area contributed by atoms with Gasteiger partial charge in [0.15, 0.2) is 0 Å². The van der Waals surface area contributed by atoms with Crippen LogP contribution < -0.4 is 0 Å². The third kappa shape index (κ3) is 5.38. The van der Waals surface area contributed by atoms with Gasteiger partial charge >= 0.3 is 0 Å². The summed E-state index contributed by atoms with van der Waals surface area (Å²) in [6, 6.07) is 11.7. The fraction of sp³-hybridized carbons (Fsp3) is 0.375. The van der Waals surface area contributed by atoms with Gasteiger partial charge in [-0.1, -0.05) is 37.6 Å². The number of allylic oxidation sites excluding steroid dienone is 1. The second-order valence-corrected chi connectivity index (χ2v) is 4.62. The van der Waals surface area contributed by atoms with E-state index in [4.69, 9.17) is 10.5 Å². The minimum Gasteiger partial charge on any atom is -0.302 e. The summed E-state index contributed by atoms with van der Waals surface area (Å²) >= 11 is 0. The van der Waals surface area contributed by atoms with Crippen LogP contribution in [0, 0.1) is 22.7 Å². The molecule has 0 spiro atoms. The SMILES string of the molecule is CCCCN(C)Cc1cccc(C=C(C#N)C#N)c1. The smallest absolute Gasteiger partial charge is 0.130 e. The van der Waals surface area contributed by atoms with Crippen LogP contribution in [0.3, 0.4) is 0 Å². The van der Waals surface area contributed by atoms with Crippen LogP contribution in [-0.2, 0) is 6.54 Å². The molecule has 0 aliphatic carbocycles. The molecule has 3 nitrogen and oxygen atoms in total. The van der Waals surface area contributed by atoms with E-state index in [9.17, 15) is 0 Å². The van der Waals surface area contributed by atoms with Gasteiger partial charge in [0, 0.05) is 6.54 Å². The summed E-state index contributed by atoms with van der Waals surface area (Å²) in [6.07, 6.45) is 4.01. The van der Waals surface area contributed by atoms with E-state index in [-0.39, 0.29) is 5.57 Å². The normalized spacial score (nSPS) is 9.74. The van der Waals surface area contributed by atoms with Gasteiger partial charge in [0.2, 0.25) is 0 Å². The molecule has 0 atom stereocenters. The van der Waals surface area contributed by atoms with E-state index in [1.54, 1.807) is 6.08 Å². The maximum Gasteiger partial charge on any atom is 0.130 e. The molecule has 0 radical (unpaired) electrons. The van der Waals surface area contributed by atoms with Gasteiger partial charge in [0.1, 0.15) is 17.7 Å². The first-order valence-electron chi connectivity index (χ1n) is 6.49. The Morgan fingerprint density at radius 2 is 2.05 bits per heavy atom. The Hall–Kier alpha value is -2.10. The molecule has 19 heavy (non-hydrogen) atoms. The van der Waals surface area contributed by atoms with Crippen molar-refractivity contribution in [1.82, 2.24) is 4.90 Å². The largest absolute Gasteiger partial charge is 0.302 e. The highest BCUT2D eigenvalue weighted by Gasteiger charge is 2.01. The van der Waals surface area contributed by atoms with Gasteiger partial charge in [-0.15, -0.1) is 0 Å².